The van der Waals surface area contributed by atoms with Crippen molar-refractivity contribution in [3.8, 4) is 28.3 Å². The van der Waals surface area contributed by atoms with Gasteiger partial charge in [0.2, 0.25) is 0 Å². The Morgan fingerprint density at radius 1 is 0.741 bits per heavy atom. The van der Waals surface area contributed by atoms with Gasteiger partial charge in [-0.05, 0) is 42.0 Å². The van der Waals surface area contributed by atoms with E-state index in [0.717, 1.165) is 22.5 Å². The Morgan fingerprint density at radius 2 is 1.59 bits per heavy atom. The number of aromatic nitrogens is 3. The lowest BCUT2D eigenvalue weighted by atomic mass is 10.1. The van der Waals surface area contributed by atoms with Gasteiger partial charge in [-0.25, -0.2) is 9.97 Å². The number of methoxy groups -OCH3 is 1. The highest BCUT2D eigenvalue weighted by atomic mass is 16.5. The number of hydrogen-bond donors (Lipinski definition) is 1. The molecule has 132 valence electrons. The van der Waals surface area contributed by atoms with Crippen LogP contribution in [0.25, 0.3) is 22.5 Å². The molecule has 0 unspecified atom stereocenters. The topological polar surface area (TPSA) is 59.9 Å². The minimum Gasteiger partial charge on any atom is -0.493 e. The Bertz CT molecular complexity index is 1020. The van der Waals surface area contributed by atoms with Crippen LogP contribution >= 0.6 is 0 Å². The molecule has 1 N–H and O–H groups in total. The van der Waals surface area contributed by atoms with Crippen LogP contribution < -0.4 is 10.1 Å². The lowest BCUT2D eigenvalue weighted by Crippen LogP contribution is -2.00. The lowest BCUT2D eigenvalue weighted by Gasteiger charge is -2.11. The van der Waals surface area contributed by atoms with Crippen molar-refractivity contribution in [3.63, 3.8) is 0 Å². The molecule has 1 aromatic carbocycles. The third kappa shape index (κ3) is 3.77. The summed E-state index contributed by atoms with van der Waals surface area (Å²) in [5.74, 6) is 1.93. The molecule has 0 bridgehead atoms. The zero-order valence-electron chi connectivity index (χ0n) is 14.8. The van der Waals surface area contributed by atoms with Crippen molar-refractivity contribution in [2.24, 2.45) is 0 Å². The second-order valence-corrected chi connectivity index (χ2v) is 5.89. The molecule has 0 aliphatic heterocycles. The molecule has 0 amide bonds. The molecule has 4 rings (SSSR count). The molecular weight excluding hydrogens is 336 g/mol. The molecule has 0 saturated heterocycles. The van der Waals surface area contributed by atoms with E-state index in [-0.39, 0.29) is 0 Å². The molecule has 3 aromatic heterocycles. The minimum atomic E-state index is 0.598. The van der Waals surface area contributed by atoms with Gasteiger partial charge in [0.15, 0.2) is 11.6 Å². The maximum atomic E-state index is 5.43. The summed E-state index contributed by atoms with van der Waals surface area (Å²) < 4.78 is 5.43. The fourth-order valence-corrected chi connectivity index (χ4v) is 2.75. The molecule has 0 aliphatic rings. The predicted octanol–water partition coefficient (Wildman–Crippen LogP) is 4.96. The maximum Gasteiger partial charge on any atom is 0.175 e. The third-order valence-electron chi connectivity index (χ3n) is 4.12. The molecule has 0 atom stereocenters. The number of ether oxygens (including phenoxy) is 1. The van der Waals surface area contributed by atoms with Gasteiger partial charge in [-0.1, -0.05) is 36.4 Å². The van der Waals surface area contributed by atoms with E-state index in [0.29, 0.717) is 17.4 Å². The van der Waals surface area contributed by atoms with Gasteiger partial charge in [0, 0.05) is 18.0 Å². The number of rotatable bonds is 5. The van der Waals surface area contributed by atoms with Crippen LogP contribution in [0.15, 0.2) is 85.2 Å². The zero-order chi connectivity index (χ0) is 18.5. The van der Waals surface area contributed by atoms with E-state index in [1.54, 1.807) is 13.3 Å². The second kappa shape index (κ2) is 7.66. The van der Waals surface area contributed by atoms with Gasteiger partial charge in [0.1, 0.15) is 5.82 Å². The summed E-state index contributed by atoms with van der Waals surface area (Å²) in [7, 11) is 1.62. The van der Waals surface area contributed by atoms with Crippen LogP contribution in [0.3, 0.4) is 0 Å². The highest BCUT2D eigenvalue weighted by molar-refractivity contribution is 5.68. The molecule has 3 heterocycles. The van der Waals surface area contributed by atoms with E-state index in [4.69, 9.17) is 4.74 Å². The Morgan fingerprint density at radius 3 is 2.30 bits per heavy atom. The largest absolute Gasteiger partial charge is 0.493 e. The Hall–Kier alpha value is -3.73. The van der Waals surface area contributed by atoms with Crippen molar-refractivity contribution in [1.29, 1.82) is 0 Å². The molecule has 5 heteroatoms. The van der Waals surface area contributed by atoms with Crippen molar-refractivity contribution < 1.29 is 4.74 Å². The first kappa shape index (κ1) is 16.7. The molecule has 0 spiro atoms. The number of nitrogens with one attached hydrogen (secondary N) is 1. The zero-order valence-corrected chi connectivity index (χ0v) is 14.8. The van der Waals surface area contributed by atoms with E-state index in [1.165, 1.54) is 0 Å². The third-order valence-corrected chi connectivity index (χ3v) is 4.12. The lowest BCUT2D eigenvalue weighted by molar-refractivity contribution is 0.415. The first-order chi connectivity index (χ1) is 13.3. The van der Waals surface area contributed by atoms with E-state index >= 15 is 0 Å². The Labute approximate surface area is 157 Å². The SMILES string of the molecule is COc1ccc(-c2ccccn2)nc1Nc1ccc(-c2ccccc2)cn1. The van der Waals surface area contributed by atoms with Gasteiger partial charge >= 0.3 is 0 Å². The maximum absolute atomic E-state index is 5.43. The van der Waals surface area contributed by atoms with Crippen LogP contribution in [0.4, 0.5) is 11.6 Å². The summed E-state index contributed by atoms with van der Waals surface area (Å²) in [6.07, 6.45) is 3.59. The van der Waals surface area contributed by atoms with Gasteiger partial charge in [-0.2, -0.15) is 0 Å². The normalized spacial score (nSPS) is 10.4. The molecule has 4 aromatic rings. The summed E-state index contributed by atoms with van der Waals surface area (Å²) in [4.78, 5) is 13.5. The summed E-state index contributed by atoms with van der Waals surface area (Å²) in [5, 5.41) is 3.24. The standard InChI is InChI=1S/C22H18N4O/c1-27-20-12-11-19(18-9-5-6-14-23-18)25-22(20)26-21-13-10-17(15-24-21)16-7-3-2-4-8-16/h2-15H,1H3,(H,24,25,26). The molecule has 0 fully saturated rings. The summed E-state index contributed by atoms with van der Waals surface area (Å²) in [6.45, 7) is 0. The summed E-state index contributed by atoms with van der Waals surface area (Å²) in [5.41, 5.74) is 3.75. The Balaban J connectivity index is 1.62. The van der Waals surface area contributed by atoms with Crippen LogP contribution in [0, 0.1) is 0 Å². The molecule has 0 radical (unpaired) electrons. The van der Waals surface area contributed by atoms with Crippen LogP contribution in [0.2, 0.25) is 0 Å². The van der Waals surface area contributed by atoms with Crippen LogP contribution in [0.1, 0.15) is 0 Å². The highest BCUT2D eigenvalue weighted by Crippen LogP contribution is 2.28. The molecule has 0 aliphatic carbocycles. The molecule has 5 nitrogen and oxygen atoms in total. The van der Waals surface area contributed by atoms with E-state index in [9.17, 15) is 0 Å². The van der Waals surface area contributed by atoms with Crippen molar-refractivity contribution in [2.45, 2.75) is 0 Å². The van der Waals surface area contributed by atoms with Gasteiger partial charge in [0.05, 0.1) is 18.5 Å². The number of benzene rings is 1. The van der Waals surface area contributed by atoms with Crippen LogP contribution in [0.5, 0.6) is 5.75 Å². The number of pyridine rings is 3. The fraction of sp³-hybridized carbons (Fsp3) is 0.0455. The van der Waals surface area contributed by atoms with E-state index in [2.05, 4.69) is 32.4 Å². The quantitative estimate of drug-likeness (QED) is 0.549. The van der Waals surface area contributed by atoms with Crippen molar-refractivity contribution in [2.75, 3.05) is 12.4 Å². The minimum absolute atomic E-state index is 0.598. The molecule has 0 saturated carbocycles. The van der Waals surface area contributed by atoms with Crippen molar-refractivity contribution in [1.82, 2.24) is 15.0 Å². The van der Waals surface area contributed by atoms with Crippen LogP contribution in [-0.4, -0.2) is 22.1 Å². The highest BCUT2D eigenvalue weighted by Gasteiger charge is 2.10. The van der Waals surface area contributed by atoms with Crippen molar-refractivity contribution in [3.05, 3.63) is 85.2 Å². The van der Waals surface area contributed by atoms with Gasteiger partial charge in [-0.15, -0.1) is 0 Å². The number of hydrogen-bond acceptors (Lipinski definition) is 5. The number of nitrogens with zero attached hydrogens (tertiary/aromatic N) is 3. The van der Waals surface area contributed by atoms with Crippen LogP contribution in [-0.2, 0) is 0 Å². The van der Waals surface area contributed by atoms with E-state index < -0.39 is 0 Å². The number of anilines is 2. The van der Waals surface area contributed by atoms with E-state index in [1.807, 2.05) is 66.9 Å². The Kier molecular flexibility index (Phi) is 4.74. The smallest absolute Gasteiger partial charge is 0.175 e. The van der Waals surface area contributed by atoms with Gasteiger partial charge < -0.3 is 10.1 Å². The van der Waals surface area contributed by atoms with Gasteiger partial charge in [0.25, 0.3) is 0 Å². The average Bonchev–Trinajstić information content (AvgIpc) is 2.75. The predicted molar refractivity (Wildman–Crippen MR) is 107 cm³/mol. The summed E-state index contributed by atoms with van der Waals surface area (Å²) >= 11 is 0. The summed E-state index contributed by atoms with van der Waals surface area (Å²) in [6, 6.07) is 23.6. The monoisotopic (exact) mass is 354 g/mol. The molecule has 27 heavy (non-hydrogen) atoms. The first-order valence-corrected chi connectivity index (χ1v) is 8.58. The second-order valence-electron chi connectivity index (χ2n) is 5.89. The molecular formula is C22H18N4O. The fourth-order valence-electron chi connectivity index (χ4n) is 2.75. The average molecular weight is 354 g/mol. The van der Waals surface area contributed by atoms with Crippen molar-refractivity contribution >= 4 is 11.6 Å². The first-order valence-electron chi connectivity index (χ1n) is 8.58. The van der Waals surface area contributed by atoms with Gasteiger partial charge in [-0.3, -0.25) is 4.98 Å².